The van der Waals surface area contributed by atoms with Gasteiger partial charge in [-0.05, 0) is 24.3 Å². The standard InChI is InChI=1S/C19H17N5/c20-13-14-3-1-4-15(11-14)19-18-16(5-2-6-22-18)12-17(23-19)24-9-7-21-8-10-24/h1-6,11-12,21H,7-10H2. The molecule has 1 N–H and O–H groups in total. The van der Waals surface area contributed by atoms with Gasteiger partial charge in [-0.25, -0.2) is 4.98 Å². The van der Waals surface area contributed by atoms with Crippen LogP contribution in [0.5, 0.6) is 0 Å². The Hall–Kier alpha value is -2.97. The molecule has 1 aliphatic heterocycles. The molecular weight excluding hydrogens is 298 g/mol. The molecule has 0 atom stereocenters. The Bertz CT molecular complexity index is 922. The molecule has 3 heterocycles. The Labute approximate surface area is 140 Å². The number of nitrogens with one attached hydrogen (secondary N) is 1. The molecule has 24 heavy (non-hydrogen) atoms. The van der Waals surface area contributed by atoms with Crippen molar-refractivity contribution in [2.75, 3.05) is 31.1 Å². The van der Waals surface area contributed by atoms with E-state index in [1.807, 2.05) is 24.3 Å². The quantitative estimate of drug-likeness (QED) is 0.787. The second-order valence-electron chi connectivity index (χ2n) is 5.83. The maximum absolute atomic E-state index is 9.18. The predicted molar refractivity (Wildman–Crippen MR) is 94.8 cm³/mol. The summed E-state index contributed by atoms with van der Waals surface area (Å²) in [6.45, 7) is 3.81. The maximum atomic E-state index is 9.18. The molecule has 1 aromatic carbocycles. The van der Waals surface area contributed by atoms with Crippen LogP contribution in [0.3, 0.4) is 0 Å². The highest BCUT2D eigenvalue weighted by atomic mass is 15.2. The number of fused-ring (bicyclic) bond motifs is 1. The molecule has 4 rings (SSSR count). The zero-order chi connectivity index (χ0) is 16.4. The average Bonchev–Trinajstić information content (AvgIpc) is 2.68. The molecule has 0 radical (unpaired) electrons. The van der Waals surface area contributed by atoms with Crippen molar-refractivity contribution in [3.63, 3.8) is 0 Å². The molecule has 0 saturated carbocycles. The van der Waals surface area contributed by atoms with E-state index >= 15 is 0 Å². The van der Waals surface area contributed by atoms with Crippen molar-refractivity contribution in [2.45, 2.75) is 0 Å². The van der Waals surface area contributed by atoms with Gasteiger partial charge in [0.15, 0.2) is 0 Å². The Morgan fingerprint density at radius 1 is 1.08 bits per heavy atom. The van der Waals surface area contributed by atoms with Crippen LogP contribution < -0.4 is 10.2 Å². The number of nitrogens with zero attached hydrogens (tertiary/aromatic N) is 4. The topological polar surface area (TPSA) is 64.8 Å². The normalized spacial score (nSPS) is 14.5. The fraction of sp³-hybridized carbons (Fsp3) is 0.211. The molecule has 0 aliphatic carbocycles. The number of benzene rings is 1. The number of anilines is 1. The number of rotatable bonds is 2. The third-order valence-electron chi connectivity index (χ3n) is 4.28. The van der Waals surface area contributed by atoms with E-state index in [-0.39, 0.29) is 0 Å². The van der Waals surface area contributed by atoms with E-state index in [1.165, 1.54) is 0 Å². The molecule has 1 aliphatic rings. The van der Waals surface area contributed by atoms with Crippen LogP contribution in [-0.4, -0.2) is 36.1 Å². The van der Waals surface area contributed by atoms with Crippen molar-refractivity contribution in [1.29, 1.82) is 5.26 Å². The van der Waals surface area contributed by atoms with Gasteiger partial charge in [-0.15, -0.1) is 0 Å². The fourth-order valence-corrected chi connectivity index (χ4v) is 3.06. The van der Waals surface area contributed by atoms with Crippen molar-refractivity contribution in [3.8, 4) is 17.3 Å². The fourth-order valence-electron chi connectivity index (χ4n) is 3.06. The Balaban J connectivity index is 1.90. The summed E-state index contributed by atoms with van der Waals surface area (Å²) in [5.41, 5.74) is 3.26. The molecule has 3 aromatic rings. The molecule has 2 aromatic heterocycles. The molecule has 0 unspecified atom stereocenters. The number of pyridine rings is 2. The van der Waals surface area contributed by atoms with Crippen LogP contribution in [0.25, 0.3) is 22.2 Å². The molecule has 1 saturated heterocycles. The second kappa shape index (κ2) is 6.26. The van der Waals surface area contributed by atoms with E-state index in [9.17, 15) is 5.26 Å². The Kier molecular flexibility index (Phi) is 3.81. The predicted octanol–water partition coefficient (Wildman–Crippen LogP) is 2.58. The van der Waals surface area contributed by atoms with Gasteiger partial charge in [-0.1, -0.05) is 18.2 Å². The lowest BCUT2D eigenvalue weighted by molar-refractivity contribution is 0.585. The van der Waals surface area contributed by atoms with Gasteiger partial charge < -0.3 is 10.2 Å². The number of nitriles is 1. The number of hydrogen-bond acceptors (Lipinski definition) is 5. The van der Waals surface area contributed by atoms with Gasteiger partial charge in [0.1, 0.15) is 5.82 Å². The lowest BCUT2D eigenvalue weighted by atomic mass is 10.1. The Morgan fingerprint density at radius 2 is 1.96 bits per heavy atom. The van der Waals surface area contributed by atoms with Gasteiger partial charge in [-0.2, -0.15) is 5.26 Å². The molecule has 1 fully saturated rings. The lowest BCUT2D eigenvalue weighted by Crippen LogP contribution is -2.43. The van der Waals surface area contributed by atoms with Gasteiger partial charge in [0, 0.05) is 43.3 Å². The van der Waals surface area contributed by atoms with Crippen LogP contribution in [0.4, 0.5) is 5.82 Å². The summed E-state index contributed by atoms with van der Waals surface area (Å²) in [7, 11) is 0. The average molecular weight is 315 g/mol. The van der Waals surface area contributed by atoms with Crippen molar-refractivity contribution < 1.29 is 0 Å². The zero-order valence-electron chi connectivity index (χ0n) is 13.2. The first-order valence-corrected chi connectivity index (χ1v) is 8.07. The summed E-state index contributed by atoms with van der Waals surface area (Å²) >= 11 is 0. The highest BCUT2D eigenvalue weighted by Crippen LogP contribution is 2.29. The van der Waals surface area contributed by atoms with Crippen molar-refractivity contribution in [2.24, 2.45) is 0 Å². The highest BCUT2D eigenvalue weighted by molar-refractivity contribution is 5.93. The molecule has 0 amide bonds. The van der Waals surface area contributed by atoms with E-state index < -0.39 is 0 Å². The molecule has 5 nitrogen and oxygen atoms in total. The summed E-state index contributed by atoms with van der Waals surface area (Å²) in [6, 6.07) is 15.9. The van der Waals surface area contributed by atoms with Crippen LogP contribution in [0.1, 0.15) is 5.56 Å². The third-order valence-corrected chi connectivity index (χ3v) is 4.28. The largest absolute Gasteiger partial charge is 0.354 e. The molecule has 5 heteroatoms. The minimum atomic E-state index is 0.631. The van der Waals surface area contributed by atoms with E-state index in [0.29, 0.717) is 5.56 Å². The van der Waals surface area contributed by atoms with E-state index in [1.54, 1.807) is 12.3 Å². The van der Waals surface area contributed by atoms with Crippen molar-refractivity contribution in [1.82, 2.24) is 15.3 Å². The smallest absolute Gasteiger partial charge is 0.130 e. The molecule has 0 spiro atoms. The summed E-state index contributed by atoms with van der Waals surface area (Å²) in [5, 5.41) is 13.6. The van der Waals surface area contributed by atoms with Crippen LogP contribution in [0, 0.1) is 11.3 Å². The summed E-state index contributed by atoms with van der Waals surface area (Å²) < 4.78 is 0. The van der Waals surface area contributed by atoms with Crippen molar-refractivity contribution >= 4 is 16.7 Å². The Morgan fingerprint density at radius 3 is 2.79 bits per heavy atom. The van der Waals surface area contributed by atoms with Crippen LogP contribution in [0.2, 0.25) is 0 Å². The van der Waals surface area contributed by atoms with Gasteiger partial charge in [0.2, 0.25) is 0 Å². The van der Waals surface area contributed by atoms with E-state index in [4.69, 9.17) is 4.98 Å². The number of aromatic nitrogens is 2. The summed E-state index contributed by atoms with van der Waals surface area (Å²) in [4.78, 5) is 11.7. The minimum absolute atomic E-state index is 0.631. The van der Waals surface area contributed by atoms with E-state index in [0.717, 1.165) is 54.2 Å². The number of hydrogen-bond donors (Lipinski definition) is 1. The first kappa shape index (κ1) is 14.6. The van der Waals surface area contributed by atoms with Gasteiger partial charge in [0.05, 0.1) is 22.8 Å². The molecular formula is C19H17N5. The van der Waals surface area contributed by atoms with Crippen LogP contribution >= 0.6 is 0 Å². The maximum Gasteiger partial charge on any atom is 0.130 e. The third kappa shape index (κ3) is 2.68. The SMILES string of the molecule is N#Cc1cccc(-c2nc(N3CCNCC3)cc3cccnc23)c1. The number of piperazine rings is 1. The van der Waals surface area contributed by atoms with E-state index in [2.05, 4.69) is 33.4 Å². The molecule has 118 valence electrons. The van der Waals surface area contributed by atoms with Crippen LogP contribution in [-0.2, 0) is 0 Å². The summed E-state index contributed by atoms with van der Waals surface area (Å²) in [5.74, 6) is 0.967. The van der Waals surface area contributed by atoms with Gasteiger partial charge >= 0.3 is 0 Å². The first-order chi connectivity index (χ1) is 11.8. The first-order valence-electron chi connectivity index (χ1n) is 8.07. The van der Waals surface area contributed by atoms with Gasteiger partial charge in [0.25, 0.3) is 0 Å². The monoisotopic (exact) mass is 315 g/mol. The highest BCUT2D eigenvalue weighted by Gasteiger charge is 2.16. The van der Waals surface area contributed by atoms with Crippen molar-refractivity contribution in [3.05, 3.63) is 54.2 Å². The zero-order valence-corrected chi connectivity index (χ0v) is 13.2. The van der Waals surface area contributed by atoms with Crippen LogP contribution in [0.15, 0.2) is 48.7 Å². The second-order valence-corrected chi connectivity index (χ2v) is 5.83. The minimum Gasteiger partial charge on any atom is -0.354 e. The lowest BCUT2D eigenvalue weighted by Gasteiger charge is -2.29. The molecule has 0 bridgehead atoms. The summed E-state index contributed by atoms with van der Waals surface area (Å²) in [6.07, 6.45) is 1.78. The van der Waals surface area contributed by atoms with Gasteiger partial charge in [-0.3, -0.25) is 4.98 Å².